The van der Waals surface area contributed by atoms with Gasteiger partial charge in [0, 0.05) is 6.42 Å². The molecule has 0 saturated heterocycles. The summed E-state index contributed by atoms with van der Waals surface area (Å²) in [5.41, 5.74) is 0.166. The minimum absolute atomic E-state index is 0.143. The Morgan fingerprint density at radius 1 is 1.17 bits per heavy atom. The lowest BCUT2D eigenvalue weighted by atomic mass is 10.0. The lowest BCUT2D eigenvalue weighted by Crippen LogP contribution is -2.59. The number of phenolic OH excluding ortho intramolecular Hbond substituents is 1. The molecule has 1 unspecified atom stereocenters. The number of ether oxygens (including phenoxy) is 2. The third-order valence-electron chi connectivity index (χ3n) is 3.48. The molecule has 1 N–H and O–H groups in total. The fourth-order valence-electron chi connectivity index (χ4n) is 2.07. The highest BCUT2D eigenvalue weighted by Gasteiger charge is 2.45. The number of hydrogen-bond acceptors (Lipinski definition) is 5. The van der Waals surface area contributed by atoms with Crippen LogP contribution in [0, 0.1) is 0 Å². The Hall–Kier alpha value is -2.08. The van der Waals surface area contributed by atoms with Crippen LogP contribution in [0.1, 0.15) is 26.3 Å². The number of methoxy groups -OCH3 is 1. The van der Waals surface area contributed by atoms with Crippen molar-refractivity contribution < 1.29 is 28.7 Å². The maximum absolute atomic E-state index is 12.5. The van der Waals surface area contributed by atoms with Crippen LogP contribution in [0.15, 0.2) is 24.3 Å². The van der Waals surface area contributed by atoms with Gasteiger partial charge in [-0.05, 0) is 38.5 Å². The molecular weight excluding hydrogens is 298 g/mol. The molecule has 0 fully saturated rings. The molecule has 0 aromatic heterocycles. The van der Waals surface area contributed by atoms with Gasteiger partial charge in [-0.1, -0.05) is 12.1 Å². The van der Waals surface area contributed by atoms with Crippen LogP contribution in [-0.4, -0.2) is 54.5 Å². The van der Waals surface area contributed by atoms with E-state index in [9.17, 15) is 14.7 Å². The van der Waals surface area contributed by atoms with Gasteiger partial charge in [-0.3, -0.25) is 0 Å². The van der Waals surface area contributed by atoms with E-state index >= 15 is 0 Å². The zero-order chi connectivity index (χ0) is 17.8. The lowest BCUT2D eigenvalue weighted by Gasteiger charge is -2.34. The van der Waals surface area contributed by atoms with Crippen LogP contribution in [0.4, 0.5) is 4.79 Å². The summed E-state index contributed by atoms with van der Waals surface area (Å²) in [5.74, 6) is -0.349. The van der Waals surface area contributed by atoms with Crippen LogP contribution in [0.3, 0.4) is 0 Å². The molecule has 128 valence electrons. The first-order chi connectivity index (χ1) is 10.5. The highest BCUT2D eigenvalue weighted by molar-refractivity contribution is 5.77. The Bertz CT molecular complexity index is 557. The number of carbonyl (C=O) groups excluding carboxylic acids is 2. The van der Waals surface area contributed by atoms with Crippen molar-refractivity contribution in [3.05, 3.63) is 29.8 Å². The van der Waals surface area contributed by atoms with Crippen molar-refractivity contribution in [2.24, 2.45) is 0 Å². The number of amides is 1. The number of benzene rings is 1. The number of carbonyl (C=O) groups is 2. The maximum atomic E-state index is 12.5. The minimum atomic E-state index is -0.751. The van der Waals surface area contributed by atoms with Gasteiger partial charge in [-0.25, -0.2) is 9.28 Å². The smallest absolute Gasteiger partial charge is 0.508 e. The highest BCUT2D eigenvalue weighted by atomic mass is 16.6. The van der Waals surface area contributed by atoms with Crippen LogP contribution in [0.25, 0.3) is 0 Å². The normalized spacial score (nSPS) is 13.3. The van der Waals surface area contributed by atoms with Crippen molar-refractivity contribution in [1.82, 2.24) is 0 Å². The van der Waals surface area contributed by atoms with Crippen molar-refractivity contribution >= 4 is 12.1 Å². The van der Waals surface area contributed by atoms with Gasteiger partial charge in [0.25, 0.3) is 0 Å². The number of phenols is 1. The fraction of sp³-hybridized carbons (Fsp3) is 0.529. The molecule has 0 heterocycles. The van der Waals surface area contributed by atoms with Gasteiger partial charge in [-0.2, -0.15) is 4.79 Å². The van der Waals surface area contributed by atoms with Gasteiger partial charge in [0.2, 0.25) is 6.04 Å². The van der Waals surface area contributed by atoms with Gasteiger partial charge >= 0.3 is 12.1 Å². The van der Waals surface area contributed by atoms with Crippen LogP contribution < -0.4 is 0 Å². The summed E-state index contributed by atoms with van der Waals surface area (Å²) in [5, 5.41) is 9.35. The topological polar surface area (TPSA) is 72.8 Å². The number of aromatic hydroxyl groups is 1. The molecule has 0 bridgehead atoms. The van der Waals surface area contributed by atoms with E-state index in [0.29, 0.717) is 6.42 Å². The second-order valence-electron chi connectivity index (χ2n) is 6.93. The van der Waals surface area contributed by atoms with Crippen LogP contribution in [0.5, 0.6) is 5.75 Å². The molecule has 0 spiro atoms. The van der Waals surface area contributed by atoms with Gasteiger partial charge in [-0.15, -0.1) is 0 Å². The van der Waals surface area contributed by atoms with Crippen molar-refractivity contribution in [1.29, 1.82) is 0 Å². The third kappa shape index (κ3) is 5.25. The average molecular weight is 324 g/mol. The summed E-state index contributed by atoms with van der Waals surface area (Å²) in [6.45, 7) is 5.33. The standard InChI is InChI=1S/C17H25NO5/c1-17(2,3)23-16(21)18(4,5)14(15(20)22-6)11-12-7-9-13(19)10-8-12/h7-10,14H,11H2,1-6H3/p+1. The molecule has 0 radical (unpaired) electrons. The summed E-state index contributed by atoms with van der Waals surface area (Å²) < 4.78 is 10.00. The largest absolute Gasteiger partial charge is 0.516 e. The molecule has 1 amide bonds. The van der Waals surface area contributed by atoms with E-state index in [1.54, 1.807) is 47.0 Å². The first-order valence-corrected chi connectivity index (χ1v) is 7.40. The molecule has 6 nitrogen and oxygen atoms in total. The second-order valence-corrected chi connectivity index (χ2v) is 6.93. The first-order valence-electron chi connectivity index (χ1n) is 7.40. The summed E-state index contributed by atoms with van der Waals surface area (Å²) in [6, 6.07) is 5.74. The van der Waals surface area contributed by atoms with Crippen LogP contribution >= 0.6 is 0 Å². The molecule has 1 atom stereocenters. The van der Waals surface area contributed by atoms with E-state index in [0.717, 1.165) is 5.56 Å². The quantitative estimate of drug-likeness (QED) is 0.680. The Kier molecular flexibility index (Phi) is 5.77. The van der Waals surface area contributed by atoms with E-state index in [2.05, 4.69) is 0 Å². The molecule has 0 aliphatic carbocycles. The first kappa shape index (κ1) is 19.0. The highest BCUT2D eigenvalue weighted by Crippen LogP contribution is 2.21. The predicted octanol–water partition coefficient (Wildman–Crippen LogP) is 2.49. The van der Waals surface area contributed by atoms with Gasteiger partial charge < -0.3 is 14.6 Å². The van der Waals surface area contributed by atoms with E-state index in [4.69, 9.17) is 9.47 Å². The molecule has 23 heavy (non-hydrogen) atoms. The Balaban J connectivity index is 3.06. The minimum Gasteiger partial charge on any atom is -0.508 e. The van der Waals surface area contributed by atoms with E-state index in [-0.39, 0.29) is 10.2 Å². The zero-order valence-electron chi connectivity index (χ0n) is 14.6. The number of hydrogen-bond donors (Lipinski definition) is 1. The number of quaternary nitrogens is 1. The van der Waals surface area contributed by atoms with E-state index < -0.39 is 23.7 Å². The number of rotatable bonds is 4. The van der Waals surface area contributed by atoms with Crippen molar-refractivity contribution in [3.63, 3.8) is 0 Å². The summed E-state index contributed by atoms with van der Waals surface area (Å²) in [6.07, 6.45) is -0.217. The summed E-state index contributed by atoms with van der Waals surface area (Å²) in [7, 11) is 4.54. The van der Waals surface area contributed by atoms with Gasteiger partial charge in [0.05, 0.1) is 21.2 Å². The molecule has 1 aromatic carbocycles. The van der Waals surface area contributed by atoms with Gasteiger partial charge in [0.15, 0.2) is 0 Å². The van der Waals surface area contributed by atoms with Crippen LogP contribution in [-0.2, 0) is 20.7 Å². The average Bonchev–Trinajstić information content (AvgIpc) is 2.43. The monoisotopic (exact) mass is 324 g/mol. The Morgan fingerprint density at radius 2 is 1.70 bits per heavy atom. The SMILES string of the molecule is COC(=O)C(Cc1ccc(O)cc1)[N+](C)(C)C(=O)OC(C)(C)C. The van der Waals surface area contributed by atoms with Crippen LogP contribution in [0.2, 0.25) is 0 Å². The molecule has 1 rings (SSSR count). The van der Waals surface area contributed by atoms with Gasteiger partial charge in [0.1, 0.15) is 11.4 Å². The molecular formula is C17H26NO5+. The number of nitrogens with zero attached hydrogens (tertiary/aromatic N) is 1. The second kappa shape index (κ2) is 7.00. The molecule has 0 saturated carbocycles. The summed E-state index contributed by atoms with van der Waals surface area (Å²) >= 11 is 0. The molecule has 1 aromatic rings. The van der Waals surface area contributed by atoms with E-state index in [1.165, 1.54) is 19.2 Å². The lowest BCUT2D eigenvalue weighted by molar-refractivity contribution is -0.835. The molecule has 0 aliphatic heterocycles. The predicted molar refractivity (Wildman–Crippen MR) is 86.0 cm³/mol. The third-order valence-corrected chi connectivity index (χ3v) is 3.48. The Morgan fingerprint density at radius 3 is 2.13 bits per heavy atom. The zero-order valence-corrected chi connectivity index (χ0v) is 14.6. The number of esters is 1. The number of likely N-dealkylation sites (N-methyl/N-ethyl adjacent to an activating group) is 1. The molecule has 6 heteroatoms. The molecule has 0 aliphatic rings. The Labute approximate surface area is 137 Å². The van der Waals surface area contributed by atoms with Crippen molar-refractivity contribution in [2.75, 3.05) is 21.2 Å². The van der Waals surface area contributed by atoms with E-state index in [1.807, 2.05) is 0 Å². The fourth-order valence-corrected chi connectivity index (χ4v) is 2.07. The maximum Gasteiger partial charge on any atom is 0.516 e. The van der Waals surface area contributed by atoms with Crippen molar-refractivity contribution in [3.8, 4) is 5.75 Å². The summed E-state index contributed by atoms with van der Waals surface area (Å²) in [4.78, 5) is 24.7. The van der Waals surface area contributed by atoms with Crippen molar-refractivity contribution in [2.45, 2.75) is 38.8 Å².